The molecule has 7 nitrogen and oxygen atoms in total. The number of hydrogen-bond donors (Lipinski definition) is 2. The number of benzene rings is 1. The SMILES string of the molecule is Cc1cccc(CN2CCc3nc(-c4cncnc4)[nH]c(=O)c3C2)c1O. The van der Waals surface area contributed by atoms with Gasteiger partial charge in [0.25, 0.3) is 5.56 Å². The number of aromatic nitrogens is 4. The van der Waals surface area contributed by atoms with Crippen LogP contribution >= 0.6 is 0 Å². The van der Waals surface area contributed by atoms with Crippen LogP contribution in [0.25, 0.3) is 11.4 Å². The Morgan fingerprint density at radius 2 is 2.08 bits per heavy atom. The van der Waals surface area contributed by atoms with Gasteiger partial charge in [-0.1, -0.05) is 18.2 Å². The number of phenolic OH excluding ortho intramolecular Hbond substituents is 1. The van der Waals surface area contributed by atoms with Crippen molar-refractivity contribution in [2.24, 2.45) is 0 Å². The van der Waals surface area contributed by atoms with Crippen LogP contribution in [0.15, 0.2) is 41.7 Å². The molecule has 0 unspecified atom stereocenters. The second kappa shape index (κ2) is 6.68. The highest BCUT2D eigenvalue weighted by Crippen LogP contribution is 2.25. The molecule has 0 fully saturated rings. The maximum absolute atomic E-state index is 12.6. The smallest absolute Gasteiger partial charge is 0.255 e. The fourth-order valence-corrected chi connectivity index (χ4v) is 3.26. The first kappa shape index (κ1) is 16.4. The Morgan fingerprint density at radius 3 is 2.88 bits per heavy atom. The van der Waals surface area contributed by atoms with Gasteiger partial charge < -0.3 is 10.1 Å². The van der Waals surface area contributed by atoms with Crippen molar-refractivity contribution in [2.45, 2.75) is 26.4 Å². The van der Waals surface area contributed by atoms with E-state index in [2.05, 4.69) is 24.8 Å². The molecule has 1 aliphatic heterocycles. The van der Waals surface area contributed by atoms with Gasteiger partial charge in [0.1, 0.15) is 17.9 Å². The molecule has 0 saturated carbocycles. The summed E-state index contributed by atoms with van der Waals surface area (Å²) >= 11 is 0. The summed E-state index contributed by atoms with van der Waals surface area (Å²) in [7, 11) is 0. The van der Waals surface area contributed by atoms with Crippen LogP contribution in [-0.2, 0) is 19.5 Å². The summed E-state index contributed by atoms with van der Waals surface area (Å²) in [6.07, 6.45) is 5.39. The molecule has 26 heavy (non-hydrogen) atoms. The van der Waals surface area contributed by atoms with Gasteiger partial charge in [-0.05, 0) is 12.5 Å². The minimum atomic E-state index is -0.132. The van der Waals surface area contributed by atoms with Gasteiger partial charge in [-0.25, -0.2) is 15.0 Å². The molecule has 3 heterocycles. The molecule has 132 valence electrons. The monoisotopic (exact) mass is 349 g/mol. The zero-order chi connectivity index (χ0) is 18.1. The van der Waals surface area contributed by atoms with E-state index in [-0.39, 0.29) is 5.56 Å². The molecule has 0 aliphatic carbocycles. The molecule has 3 aromatic rings. The normalized spacial score (nSPS) is 14.2. The lowest BCUT2D eigenvalue weighted by atomic mass is 10.0. The van der Waals surface area contributed by atoms with E-state index in [1.54, 1.807) is 12.4 Å². The highest BCUT2D eigenvalue weighted by atomic mass is 16.3. The molecular weight excluding hydrogens is 330 g/mol. The zero-order valence-electron chi connectivity index (χ0n) is 14.4. The van der Waals surface area contributed by atoms with E-state index in [9.17, 15) is 9.90 Å². The fourth-order valence-electron chi connectivity index (χ4n) is 3.26. The lowest BCUT2D eigenvalue weighted by Crippen LogP contribution is -2.35. The van der Waals surface area contributed by atoms with E-state index in [4.69, 9.17) is 0 Å². The van der Waals surface area contributed by atoms with Gasteiger partial charge in [-0.2, -0.15) is 0 Å². The number of aromatic amines is 1. The molecule has 2 aromatic heterocycles. The predicted molar refractivity (Wildman–Crippen MR) is 96.5 cm³/mol. The molecule has 0 saturated heterocycles. The average molecular weight is 349 g/mol. The molecular formula is C19H19N5O2. The summed E-state index contributed by atoms with van der Waals surface area (Å²) in [5, 5.41) is 10.2. The minimum absolute atomic E-state index is 0.132. The molecule has 0 spiro atoms. The van der Waals surface area contributed by atoms with Crippen LogP contribution in [0.4, 0.5) is 0 Å². The third kappa shape index (κ3) is 3.09. The van der Waals surface area contributed by atoms with Crippen molar-refractivity contribution in [3.05, 3.63) is 69.7 Å². The van der Waals surface area contributed by atoms with Gasteiger partial charge in [0.05, 0.1) is 16.8 Å². The highest BCUT2D eigenvalue weighted by molar-refractivity contribution is 5.52. The van der Waals surface area contributed by atoms with Crippen molar-refractivity contribution in [3.8, 4) is 17.1 Å². The number of H-pyrrole nitrogens is 1. The Balaban J connectivity index is 1.60. The number of fused-ring (bicyclic) bond motifs is 1. The Labute approximate surface area is 150 Å². The highest BCUT2D eigenvalue weighted by Gasteiger charge is 2.22. The molecule has 0 amide bonds. The number of phenols is 1. The number of hydrogen-bond acceptors (Lipinski definition) is 6. The summed E-state index contributed by atoms with van der Waals surface area (Å²) in [6.45, 7) is 3.77. The van der Waals surface area contributed by atoms with E-state index in [0.717, 1.165) is 23.4 Å². The zero-order valence-corrected chi connectivity index (χ0v) is 14.4. The van der Waals surface area contributed by atoms with Crippen LogP contribution in [0.3, 0.4) is 0 Å². The minimum Gasteiger partial charge on any atom is -0.507 e. The molecule has 0 radical (unpaired) electrons. The first-order valence-corrected chi connectivity index (χ1v) is 8.49. The number of nitrogens with zero attached hydrogens (tertiary/aromatic N) is 4. The number of para-hydroxylation sites is 1. The number of aromatic hydroxyl groups is 1. The third-order valence-corrected chi connectivity index (χ3v) is 4.70. The average Bonchev–Trinajstić information content (AvgIpc) is 2.66. The van der Waals surface area contributed by atoms with E-state index in [1.165, 1.54) is 6.33 Å². The third-order valence-electron chi connectivity index (χ3n) is 4.70. The number of nitrogens with one attached hydrogen (secondary N) is 1. The van der Waals surface area contributed by atoms with Gasteiger partial charge in [0, 0.05) is 44.0 Å². The van der Waals surface area contributed by atoms with Gasteiger partial charge in [0.2, 0.25) is 0 Å². The summed E-state index contributed by atoms with van der Waals surface area (Å²) in [5.41, 5.74) is 3.79. The second-order valence-electron chi connectivity index (χ2n) is 6.51. The lowest BCUT2D eigenvalue weighted by molar-refractivity contribution is 0.238. The summed E-state index contributed by atoms with van der Waals surface area (Å²) in [6, 6.07) is 5.73. The molecule has 0 atom stereocenters. The Bertz CT molecular complexity index is 1000. The molecule has 1 aliphatic rings. The van der Waals surface area contributed by atoms with Crippen molar-refractivity contribution in [2.75, 3.05) is 6.54 Å². The van der Waals surface area contributed by atoms with Crippen molar-refractivity contribution in [1.29, 1.82) is 0 Å². The van der Waals surface area contributed by atoms with Crippen molar-refractivity contribution >= 4 is 0 Å². The number of aryl methyl sites for hydroxylation is 1. The largest absolute Gasteiger partial charge is 0.507 e. The standard InChI is InChI=1S/C19H19N5O2/c1-12-3-2-4-13(17(12)25)9-24-6-5-16-15(10-24)19(26)23-18(22-16)14-7-20-11-21-8-14/h2-4,7-8,11,25H,5-6,9-10H2,1H3,(H,22,23,26). The summed E-state index contributed by atoms with van der Waals surface area (Å²) in [4.78, 5) is 30.1. The molecule has 2 N–H and O–H groups in total. The van der Waals surface area contributed by atoms with Crippen LogP contribution < -0.4 is 5.56 Å². The first-order chi connectivity index (χ1) is 12.6. The van der Waals surface area contributed by atoms with Crippen molar-refractivity contribution < 1.29 is 5.11 Å². The molecule has 4 rings (SSSR count). The first-order valence-electron chi connectivity index (χ1n) is 8.49. The van der Waals surface area contributed by atoms with Gasteiger partial charge in [-0.3, -0.25) is 9.69 Å². The molecule has 7 heteroatoms. The van der Waals surface area contributed by atoms with E-state index < -0.39 is 0 Å². The summed E-state index contributed by atoms with van der Waals surface area (Å²) < 4.78 is 0. The lowest BCUT2D eigenvalue weighted by Gasteiger charge is -2.28. The molecule has 1 aromatic carbocycles. The van der Waals surface area contributed by atoms with Gasteiger partial charge >= 0.3 is 0 Å². The van der Waals surface area contributed by atoms with Crippen molar-refractivity contribution in [3.63, 3.8) is 0 Å². The maximum Gasteiger partial charge on any atom is 0.255 e. The fraction of sp³-hybridized carbons (Fsp3) is 0.263. The van der Waals surface area contributed by atoms with Crippen molar-refractivity contribution in [1.82, 2.24) is 24.8 Å². The quantitative estimate of drug-likeness (QED) is 0.749. The second-order valence-corrected chi connectivity index (χ2v) is 6.51. The van der Waals surface area contributed by atoms with E-state index in [0.29, 0.717) is 42.2 Å². The summed E-state index contributed by atoms with van der Waals surface area (Å²) in [5.74, 6) is 0.823. The van der Waals surface area contributed by atoms with Crippen LogP contribution in [0, 0.1) is 6.92 Å². The topological polar surface area (TPSA) is 95.0 Å². The maximum atomic E-state index is 12.6. The van der Waals surface area contributed by atoms with Crippen LogP contribution in [-0.4, -0.2) is 36.5 Å². The van der Waals surface area contributed by atoms with Crippen LogP contribution in [0.1, 0.15) is 22.4 Å². The van der Waals surface area contributed by atoms with Crippen LogP contribution in [0.5, 0.6) is 5.75 Å². The Kier molecular flexibility index (Phi) is 4.22. The van der Waals surface area contributed by atoms with E-state index >= 15 is 0 Å². The Morgan fingerprint density at radius 1 is 1.27 bits per heavy atom. The van der Waals surface area contributed by atoms with Gasteiger partial charge in [-0.15, -0.1) is 0 Å². The molecule has 0 bridgehead atoms. The number of rotatable bonds is 3. The van der Waals surface area contributed by atoms with Crippen LogP contribution in [0.2, 0.25) is 0 Å². The van der Waals surface area contributed by atoms with E-state index in [1.807, 2.05) is 25.1 Å². The predicted octanol–water partition coefficient (Wildman–Crippen LogP) is 1.80. The van der Waals surface area contributed by atoms with Gasteiger partial charge in [0.15, 0.2) is 0 Å². The Hall–Kier alpha value is -3.06.